The molecule has 0 radical (unpaired) electrons. The third-order valence-electron chi connectivity index (χ3n) is 4.03. The summed E-state index contributed by atoms with van der Waals surface area (Å²) in [4.78, 5) is 0. The molecular formula is C19H25P. The van der Waals surface area contributed by atoms with Gasteiger partial charge in [0.25, 0.3) is 0 Å². The summed E-state index contributed by atoms with van der Waals surface area (Å²) in [6.07, 6.45) is 1.07. The molecule has 0 aliphatic carbocycles. The van der Waals surface area contributed by atoms with Crippen molar-refractivity contribution in [3.05, 3.63) is 69.8 Å². The summed E-state index contributed by atoms with van der Waals surface area (Å²) in [6, 6.07) is 13.8. The van der Waals surface area contributed by atoms with Crippen molar-refractivity contribution < 1.29 is 0 Å². The van der Waals surface area contributed by atoms with Crippen molar-refractivity contribution in [1.29, 1.82) is 0 Å². The maximum atomic E-state index is 3.11. The molecular weight excluding hydrogens is 259 g/mol. The molecule has 0 saturated carbocycles. The fourth-order valence-corrected chi connectivity index (χ4v) is 3.37. The highest BCUT2D eigenvalue weighted by atomic mass is 31.0. The minimum Gasteiger partial charge on any atom is -0.122 e. The maximum absolute atomic E-state index is 3.11. The van der Waals surface area contributed by atoms with Crippen molar-refractivity contribution in [2.75, 3.05) is 0 Å². The van der Waals surface area contributed by atoms with Gasteiger partial charge in [-0.25, -0.2) is 0 Å². The van der Waals surface area contributed by atoms with Gasteiger partial charge in [0, 0.05) is 5.16 Å². The minimum absolute atomic E-state index is 0.00750. The van der Waals surface area contributed by atoms with Crippen LogP contribution in [-0.4, -0.2) is 0 Å². The molecule has 0 amide bonds. The van der Waals surface area contributed by atoms with Crippen LogP contribution in [-0.2, 0) is 5.16 Å². The molecule has 0 nitrogen and oxygen atoms in total. The van der Waals surface area contributed by atoms with E-state index >= 15 is 0 Å². The van der Waals surface area contributed by atoms with Crippen molar-refractivity contribution in [1.82, 2.24) is 0 Å². The van der Waals surface area contributed by atoms with Gasteiger partial charge < -0.3 is 0 Å². The van der Waals surface area contributed by atoms with Gasteiger partial charge in [-0.2, -0.15) is 0 Å². The Bertz CT molecular complexity index is 534. The maximum Gasteiger partial charge on any atom is 0.0342 e. The quantitative estimate of drug-likeness (QED) is 0.657. The molecule has 106 valence electrons. The van der Waals surface area contributed by atoms with Crippen LogP contribution in [0.25, 0.3) is 0 Å². The van der Waals surface area contributed by atoms with E-state index in [-0.39, 0.29) is 5.16 Å². The van der Waals surface area contributed by atoms with Crippen LogP contribution in [0.1, 0.15) is 46.7 Å². The molecule has 0 aliphatic rings. The predicted molar refractivity (Wildman–Crippen MR) is 92.6 cm³/mol. The second-order valence-corrected chi connectivity index (χ2v) is 7.06. The Kier molecular flexibility index (Phi) is 4.35. The molecule has 0 bridgehead atoms. The zero-order valence-corrected chi connectivity index (χ0v) is 14.4. The highest BCUT2D eigenvalue weighted by Crippen LogP contribution is 2.43. The molecule has 2 aromatic rings. The van der Waals surface area contributed by atoms with E-state index in [9.17, 15) is 0 Å². The molecule has 0 aliphatic heterocycles. The van der Waals surface area contributed by atoms with Gasteiger partial charge in [-0.3, -0.25) is 0 Å². The van der Waals surface area contributed by atoms with Crippen LogP contribution in [0.2, 0.25) is 0 Å². The first-order chi connectivity index (χ1) is 9.35. The van der Waals surface area contributed by atoms with Crippen molar-refractivity contribution in [2.45, 2.75) is 46.2 Å². The van der Waals surface area contributed by atoms with Crippen molar-refractivity contribution >= 4 is 9.24 Å². The van der Waals surface area contributed by atoms with Gasteiger partial charge in [0.05, 0.1) is 0 Å². The Morgan fingerprint density at radius 3 is 1.25 bits per heavy atom. The Labute approximate surface area is 125 Å². The Balaban J connectivity index is 2.63. The molecule has 2 rings (SSSR count). The van der Waals surface area contributed by atoms with Gasteiger partial charge in [-0.05, 0) is 45.2 Å². The summed E-state index contributed by atoms with van der Waals surface area (Å²) >= 11 is 0. The summed E-state index contributed by atoms with van der Waals surface area (Å²) in [6.45, 7) is 11.0. The average Bonchev–Trinajstić information content (AvgIpc) is 2.35. The fraction of sp³-hybridized carbons (Fsp3) is 0.368. The smallest absolute Gasteiger partial charge is 0.0342 e. The lowest BCUT2D eigenvalue weighted by atomic mass is 9.85. The van der Waals surface area contributed by atoms with Crippen molar-refractivity contribution in [3.63, 3.8) is 0 Å². The molecule has 0 N–H and O–H groups in total. The number of benzene rings is 2. The number of hydrogen-bond acceptors (Lipinski definition) is 0. The monoisotopic (exact) mass is 284 g/mol. The predicted octanol–water partition coefficient (Wildman–Crippen LogP) is 5.45. The lowest BCUT2D eigenvalue weighted by Gasteiger charge is -2.31. The standard InChI is InChI=1S/C19H25P/c1-6-19(20,17-9-13(2)7-14(3)10-17)18-11-15(4)8-16(5)12-18/h7-12H,6,20H2,1-5H3. The summed E-state index contributed by atoms with van der Waals surface area (Å²) < 4.78 is 0. The zero-order valence-electron chi connectivity index (χ0n) is 13.2. The van der Waals surface area contributed by atoms with Crippen LogP contribution in [0.4, 0.5) is 0 Å². The lowest BCUT2D eigenvalue weighted by molar-refractivity contribution is 0.707. The summed E-state index contributed by atoms with van der Waals surface area (Å²) in [5.74, 6) is 0. The second kappa shape index (κ2) is 5.70. The number of rotatable bonds is 3. The van der Waals surface area contributed by atoms with E-state index in [0.717, 1.165) is 6.42 Å². The highest BCUT2D eigenvalue weighted by molar-refractivity contribution is 7.19. The third-order valence-corrected chi connectivity index (χ3v) is 5.11. The first-order valence-electron chi connectivity index (χ1n) is 7.31. The zero-order chi connectivity index (χ0) is 14.9. The SMILES string of the molecule is CCC(P)(c1cc(C)cc(C)c1)c1cc(C)cc(C)c1. The molecule has 1 heteroatoms. The minimum atomic E-state index is 0.00750. The van der Waals surface area contributed by atoms with Gasteiger partial charge in [-0.1, -0.05) is 65.6 Å². The normalized spacial score (nSPS) is 11.7. The van der Waals surface area contributed by atoms with Gasteiger partial charge in [0.15, 0.2) is 0 Å². The molecule has 1 atom stereocenters. The van der Waals surface area contributed by atoms with Gasteiger partial charge in [0.1, 0.15) is 0 Å². The molecule has 0 aromatic heterocycles. The fourth-order valence-electron chi connectivity index (χ4n) is 3.04. The Hall–Kier alpha value is -1.13. The van der Waals surface area contributed by atoms with E-state index in [2.05, 4.69) is 80.3 Å². The van der Waals surface area contributed by atoms with E-state index in [1.165, 1.54) is 33.4 Å². The van der Waals surface area contributed by atoms with Crippen LogP contribution in [0, 0.1) is 27.7 Å². The number of hydrogen-bond donors (Lipinski definition) is 0. The largest absolute Gasteiger partial charge is 0.122 e. The highest BCUT2D eigenvalue weighted by Gasteiger charge is 2.27. The number of aryl methyl sites for hydroxylation is 4. The van der Waals surface area contributed by atoms with Gasteiger partial charge in [0.2, 0.25) is 0 Å². The summed E-state index contributed by atoms with van der Waals surface area (Å²) in [5.41, 5.74) is 8.14. The average molecular weight is 284 g/mol. The molecule has 20 heavy (non-hydrogen) atoms. The molecule has 2 aromatic carbocycles. The Morgan fingerprint density at radius 2 is 1.00 bits per heavy atom. The van der Waals surface area contributed by atoms with E-state index in [0.29, 0.717) is 0 Å². The molecule has 0 heterocycles. The molecule has 0 saturated heterocycles. The van der Waals surface area contributed by atoms with Crippen LogP contribution >= 0.6 is 9.24 Å². The van der Waals surface area contributed by atoms with Gasteiger partial charge in [-0.15, -0.1) is 9.24 Å². The summed E-state index contributed by atoms with van der Waals surface area (Å²) in [7, 11) is 3.11. The van der Waals surface area contributed by atoms with Crippen molar-refractivity contribution in [2.24, 2.45) is 0 Å². The molecule has 0 fully saturated rings. The van der Waals surface area contributed by atoms with E-state index < -0.39 is 0 Å². The van der Waals surface area contributed by atoms with Crippen LogP contribution in [0.3, 0.4) is 0 Å². The topological polar surface area (TPSA) is 0 Å². The van der Waals surface area contributed by atoms with E-state index in [4.69, 9.17) is 0 Å². The lowest BCUT2D eigenvalue weighted by Crippen LogP contribution is -2.19. The van der Waals surface area contributed by atoms with Crippen molar-refractivity contribution in [3.8, 4) is 0 Å². The molecule has 1 unspecified atom stereocenters. The summed E-state index contributed by atoms with van der Waals surface area (Å²) in [5, 5.41) is 0.00750. The third kappa shape index (κ3) is 2.96. The van der Waals surface area contributed by atoms with Crippen LogP contribution in [0.5, 0.6) is 0 Å². The van der Waals surface area contributed by atoms with E-state index in [1.807, 2.05) is 0 Å². The first kappa shape index (κ1) is 15.3. The first-order valence-corrected chi connectivity index (χ1v) is 7.89. The van der Waals surface area contributed by atoms with Crippen LogP contribution in [0.15, 0.2) is 36.4 Å². The molecule has 0 spiro atoms. The second-order valence-electron chi connectivity index (χ2n) is 6.08. The van der Waals surface area contributed by atoms with Gasteiger partial charge >= 0.3 is 0 Å². The van der Waals surface area contributed by atoms with Crippen LogP contribution < -0.4 is 0 Å². The van der Waals surface area contributed by atoms with E-state index in [1.54, 1.807) is 0 Å². The Morgan fingerprint density at radius 1 is 0.700 bits per heavy atom.